The SMILES string of the molecule is CCCCCCOc1ccc(OCCOc2ccccc2/C=C(\C#N)C(=O)Nc2ccccc2)cc1. The molecule has 186 valence electrons. The van der Waals surface area contributed by atoms with Crippen LogP contribution in [-0.4, -0.2) is 25.7 Å². The van der Waals surface area contributed by atoms with Crippen LogP contribution < -0.4 is 19.5 Å². The van der Waals surface area contributed by atoms with Gasteiger partial charge in [-0.3, -0.25) is 4.79 Å². The fraction of sp³-hybridized carbons (Fsp3) is 0.267. The Bertz CT molecular complexity index is 1150. The largest absolute Gasteiger partial charge is 0.494 e. The summed E-state index contributed by atoms with van der Waals surface area (Å²) >= 11 is 0. The number of nitrogens with zero attached hydrogens (tertiary/aromatic N) is 1. The molecule has 6 heteroatoms. The maximum atomic E-state index is 12.5. The first-order valence-corrected chi connectivity index (χ1v) is 12.2. The molecule has 1 amide bonds. The molecule has 0 spiro atoms. The van der Waals surface area contributed by atoms with E-state index in [0.717, 1.165) is 24.5 Å². The standard InChI is InChI=1S/C30H32N2O4/c1-2-3-4-10-19-34-27-15-17-28(18-16-27)35-20-21-36-29-14-9-8-11-24(29)22-25(23-31)30(33)32-26-12-6-5-7-13-26/h5-9,11-18,22H,2-4,10,19-21H2,1H3,(H,32,33)/b25-22+. The highest BCUT2D eigenvalue weighted by Crippen LogP contribution is 2.22. The molecule has 0 heterocycles. The highest BCUT2D eigenvalue weighted by Gasteiger charge is 2.11. The van der Waals surface area contributed by atoms with E-state index in [-0.39, 0.29) is 5.57 Å². The van der Waals surface area contributed by atoms with E-state index < -0.39 is 5.91 Å². The van der Waals surface area contributed by atoms with E-state index in [1.165, 1.54) is 25.3 Å². The van der Waals surface area contributed by atoms with Crippen molar-refractivity contribution >= 4 is 17.7 Å². The van der Waals surface area contributed by atoms with Crippen molar-refractivity contribution in [1.29, 1.82) is 5.26 Å². The molecule has 0 fully saturated rings. The third-order valence-electron chi connectivity index (χ3n) is 5.32. The van der Waals surface area contributed by atoms with Crippen LogP contribution in [0.3, 0.4) is 0 Å². The van der Waals surface area contributed by atoms with E-state index >= 15 is 0 Å². The normalized spacial score (nSPS) is 10.8. The first-order valence-electron chi connectivity index (χ1n) is 12.2. The summed E-state index contributed by atoms with van der Waals surface area (Å²) in [7, 11) is 0. The average molecular weight is 485 g/mol. The topological polar surface area (TPSA) is 80.6 Å². The number of amides is 1. The van der Waals surface area contributed by atoms with Gasteiger partial charge < -0.3 is 19.5 Å². The Kier molecular flexibility index (Phi) is 10.9. The molecule has 1 N–H and O–H groups in total. The molecule has 0 unspecified atom stereocenters. The summed E-state index contributed by atoms with van der Waals surface area (Å²) in [6.07, 6.45) is 6.23. The van der Waals surface area contributed by atoms with E-state index in [2.05, 4.69) is 12.2 Å². The molecule has 0 aromatic heterocycles. The van der Waals surface area contributed by atoms with E-state index in [1.54, 1.807) is 24.3 Å². The maximum Gasteiger partial charge on any atom is 0.266 e. The van der Waals surface area contributed by atoms with Crippen molar-refractivity contribution < 1.29 is 19.0 Å². The van der Waals surface area contributed by atoms with Gasteiger partial charge in [-0.15, -0.1) is 0 Å². The van der Waals surface area contributed by atoms with Gasteiger partial charge in [-0.2, -0.15) is 5.26 Å². The number of rotatable bonds is 14. The summed E-state index contributed by atoms with van der Waals surface area (Å²) in [5, 5.41) is 12.2. The van der Waals surface area contributed by atoms with Crippen molar-refractivity contribution in [1.82, 2.24) is 0 Å². The molecule has 3 aromatic carbocycles. The summed E-state index contributed by atoms with van der Waals surface area (Å²) in [5.74, 6) is 1.65. The van der Waals surface area contributed by atoms with Crippen molar-refractivity contribution in [3.8, 4) is 23.3 Å². The molecule has 3 aromatic rings. The zero-order valence-corrected chi connectivity index (χ0v) is 20.6. The third-order valence-corrected chi connectivity index (χ3v) is 5.32. The number of carbonyl (C=O) groups is 1. The van der Waals surface area contributed by atoms with Crippen LogP contribution in [0.1, 0.15) is 38.2 Å². The average Bonchev–Trinajstić information content (AvgIpc) is 2.91. The smallest absolute Gasteiger partial charge is 0.266 e. The molecular formula is C30H32N2O4. The van der Waals surface area contributed by atoms with Crippen LogP contribution in [0.4, 0.5) is 5.69 Å². The van der Waals surface area contributed by atoms with E-state index in [9.17, 15) is 10.1 Å². The zero-order valence-electron chi connectivity index (χ0n) is 20.6. The summed E-state index contributed by atoms with van der Waals surface area (Å²) in [4.78, 5) is 12.5. The van der Waals surface area contributed by atoms with E-state index in [1.807, 2.05) is 60.7 Å². The Hall–Kier alpha value is -4.24. The molecule has 0 bridgehead atoms. The monoisotopic (exact) mass is 484 g/mol. The second-order valence-corrected chi connectivity index (χ2v) is 8.11. The highest BCUT2D eigenvalue weighted by molar-refractivity contribution is 6.09. The molecule has 0 aliphatic heterocycles. The minimum absolute atomic E-state index is 0.0150. The van der Waals surface area contributed by atoms with Gasteiger partial charge in [-0.25, -0.2) is 0 Å². The molecule has 0 aliphatic rings. The van der Waals surface area contributed by atoms with Gasteiger partial charge in [0.1, 0.15) is 42.1 Å². The fourth-order valence-electron chi connectivity index (χ4n) is 3.42. The van der Waals surface area contributed by atoms with Crippen LogP contribution in [0.2, 0.25) is 0 Å². The van der Waals surface area contributed by atoms with Crippen LogP contribution in [0.5, 0.6) is 17.2 Å². The van der Waals surface area contributed by atoms with Crippen molar-refractivity contribution in [2.75, 3.05) is 25.1 Å². The van der Waals surface area contributed by atoms with Gasteiger partial charge in [-0.1, -0.05) is 62.6 Å². The van der Waals surface area contributed by atoms with Crippen LogP contribution in [-0.2, 0) is 4.79 Å². The summed E-state index contributed by atoms with van der Waals surface area (Å²) in [6, 6.07) is 25.8. The summed E-state index contributed by atoms with van der Waals surface area (Å²) in [6.45, 7) is 3.57. The number of para-hydroxylation sites is 2. The molecule has 0 radical (unpaired) electrons. The lowest BCUT2D eigenvalue weighted by Gasteiger charge is -2.11. The number of carbonyl (C=O) groups excluding carboxylic acids is 1. The van der Waals surface area contributed by atoms with Gasteiger partial charge in [0.25, 0.3) is 5.91 Å². The minimum Gasteiger partial charge on any atom is -0.494 e. The fourth-order valence-corrected chi connectivity index (χ4v) is 3.42. The lowest BCUT2D eigenvalue weighted by Crippen LogP contribution is -2.13. The first-order chi connectivity index (χ1) is 17.7. The Labute approximate surface area is 213 Å². The Balaban J connectivity index is 1.49. The van der Waals surface area contributed by atoms with Crippen LogP contribution in [0.15, 0.2) is 84.4 Å². The van der Waals surface area contributed by atoms with Gasteiger partial charge in [0.15, 0.2) is 0 Å². The number of nitriles is 1. The Morgan fingerprint density at radius 3 is 2.14 bits per heavy atom. The lowest BCUT2D eigenvalue weighted by atomic mass is 10.1. The predicted octanol–water partition coefficient (Wildman–Crippen LogP) is 6.65. The van der Waals surface area contributed by atoms with Crippen molar-refractivity contribution in [2.45, 2.75) is 32.6 Å². The van der Waals surface area contributed by atoms with Crippen molar-refractivity contribution in [3.63, 3.8) is 0 Å². The van der Waals surface area contributed by atoms with Gasteiger partial charge in [0.2, 0.25) is 0 Å². The lowest BCUT2D eigenvalue weighted by molar-refractivity contribution is -0.112. The second kappa shape index (κ2) is 14.9. The first kappa shape index (κ1) is 26.4. The molecular weight excluding hydrogens is 452 g/mol. The molecule has 0 saturated heterocycles. The zero-order chi connectivity index (χ0) is 25.4. The molecule has 0 saturated carbocycles. The van der Waals surface area contributed by atoms with Crippen LogP contribution in [0, 0.1) is 11.3 Å². The number of anilines is 1. The molecule has 0 aliphatic carbocycles. The number of hydrogen-bond donors (Lipinski definition) is 1. The number of benzene rings is 3. The van der Waals surface area contributed by atoms with E-state index in [4.69, 9.17) is 14.2 Å². The van der Waals surface area contributed by atoms with Crippen molar-refractivity contribution in [2.24, 2.45) is 0 Å². The Morgan fingerprint density at radius 2 is 1.44 bits per heavy atom. The van der Waals surface area contributed by atoms with E-state index in [0.29, 0.717) is 30.2 Å². The van der Waals surface area contributed by atoms with Gasteiger partial charge in [0.05, 0.1) is 6.61 Å². The third kappa shape index (κ3) is 8.84. The number of hydrogen-bond acceptors (Lipinski definition) is 5. The molecule has 3 rings (SSSR count). The second-order valence-electron chi connectivity index (χ2n) is 8.11. The quantitative estimate of drug-likeness (QED) is 0.157. The number of nitrogens with one attached hydrogen (secondary N) is 1. The highest BCUT2D eigenvalue weighted by atomic mass is 16.5. The summed E-state index contributed by atoms with van der Waals surface area (Å²) < 4.78 is 17.4. The minimum atomic E-state index is -0.477. The number of ether oxygens (including phenoxy) is 3. The van der Waals surface area contributed by atoms with Gasteiger partial charge >= 0.3 is 0 Å². The molecule has 6 nitrogen and oxygen atoms in total. The predicted molar refractivity (Wildman–Crippen MR) is 142 cm³/mol. The van der Waals surface area contributed by atoms with Crippen molar-refractivity contribution in [3.05, 3.63) is 90.0 Å². The molecule has 0 atom stereocenters. The Morgan fingerprint density at radius 1 is 0.806 bits per heavy atom. The van der Waals surface area contributed by atoms with Crippen LogP contribution in [0.25, 0.3) is 6.08 Å². The van der Waals surface area contributed by atoms with Gasteiger partial charge in [-0.05, 0) is 55.0 Å². The van der Waals surface area contributed by atoms with Gasteiger partial charge in [0, 0.05) is 11.3 Å². The van der Waals surface area contributed by atoms with Crippen LogP contribution >= 0.6 is 0 Å². The number of unbranched alkanes of at least 4 members (excludes halogenated alkanes) is 3. The maximum absolute atomic E-state index is 12.5. The molecule has 36 heavy (non-hydrogen) atoms. The summed E-state index contributed by atoms with van der Waals surface area (Å²) in [5.41, 5.74) is 1.24.